The monoisotopic (exact) mass is 272 g/mol. The third-order valence-corrected chi connectivity index (χ3v) is 3.54. The van der Waals surface area contributed by atoms with Crippen LogP contribution in [0.15, 0.2) is 47.4 Å². The van der Waals surface area contributed by atoms with Crippen LogP contribution in [0.25, 0.3) is 0 Å². The van der Waals surface area contributed by atoms with Crippen LogP contribution in [-0.2, 0) is 0 Å². The number of thioether (sulfide) groups is 1. The summed E-state index contributed by atoms with van der Waals surface area (Å²) in [5.74, 6) is -0.186. The van der Waals surface area contributed by atoms with Crippen LogP contribution in [0, 0.1) is 6.92 Å². The highest BCUT2D eigenvalue weighted by Crippen LogP contribution is 2.19. The number of anilines is 2. The molecule has 0 atom stereocenters. The third-order valence-electron chi connectivity index (χ3n) is 2.80. The van der Waals surface area contributed by atoms with Gasteiger partial charge in [0.15, 0.2) is 0 Å². The van der Waals surface area contributed by atoms with E-state index in [2.05, 4.69) is 5.32 Å². The summed E-state index contributed by atoms with van der Waals surface area (Å²) in [6.07, 6.45) is 2.01. The van der Waals surface area contributed by atoms with Crippen molar-refractivity contribution in [3.63, 3.8) is 0 Å². The van der Waals surface area contributed by atoms with Crippen LogP contribution >= 0.6 is 11.8 Å². The average molecular weight is 272 g/mol. The number of carbonyl (C=O) groups excluding carboxylic acids is 1. The smallest absolute Gasteiger partial charge is 0.257 e. The first-order chi connectivity index (χ1) is 9.10. The molecular weight excluding hydrogens is 256 g/mol. The van der Waals surface area contributed by atoms with Crippen LogP contribution in [0.4, 0.5) is 11.4 Å². The molecule has 0 fully saturated rings. The van der Waals surface area contributed by atoms with Gasteiger partial charge < -0.3 is 11.1 Å². The molecule has 2 rings (SSSR count). The van der Waals surface area contributed by atoms with Crippen molar-refractivity contribution < 1.29 is 4.79 Å². The quantitative estimate of drug-likeness (QED) is 0.663. The molecule has 2 aromatic carbocycles. The zero-order valence-electron chi connectivity index (χ0n) is 10.9. The van der Waals surface area contributed by atoms with Gasteiger partial charge in [0.25, 0.3) is 5.91 Å². The number of nitrogen functional groups attached to an aromatic ring is 1. The van der Waals surface area contributed by atoms with Crippen molar-refractivity contribution in [2.24, 2.45) is 0 Å². The standard InChI is InChI=1S/C15H16N2OS/c1-10-3-8-13(14(16)9-10)15(18)17-11-4-6-12(19-2)7-5-11/h3-9H,16H2,1-2H3,(H,17,18). The van der Waals surface area contributed by atoms with Crippen molar-refractivity contribution in [1.29, 1.82) is 0 Å². The predicted octanol–water partition coefficient (Wildman–Crippen LogP) is 3.55. The maximum atomic E-state index is 12.1. The summed E-state index contributed by atoms with van der Waals surface area (Å²) in [5.41, 5.74) is 8.66. The fourth-order valence-electron chi connectivity index (χ4n) is 1.76. The van der Waals surface area contributed by atoms with Gasteiger partial charge in [-0.2, -0.15) is 0 Å². The number of hydrogen-bond donors (Lipinski definition) is 2. The Balaban J connectivity index is 2.15. The zero-order chi connectivity index (χ0) is 13.8. The molecule has 0 aliphatic rings. The van der Waals surface area contributed by atoms with Gasteiger partial charge in [0.1, 0.15) is 0 Å². The Morgan fingerprint density at radius 2 is 1.84 bits per heavy atom. The molecule has 0 radical (unpaired) electrons. The molecule has 0 aromatic heterocycles. The molecule has 0 saturated carbocycles. The highest BCUT2D eigenvalue weighted by Gasteiger charge is 2.09. The normalized spacial score (nSPS) is 10.2. The van der Waals surface area contributed by atoms with Crippen molar-refractivity contribution >= 4 is 29.0 Å². The van der Waals surface area contributed by atoms with Crippen molar-refractivity contribution in [2.45, 2.75) is 11.8 Å². The van der Waals surface area contributed by atoms with Gasteiger partial charge in [0.2, 0.25) is 0 Å². The minimum atomic E-state index is -0.186. The van der Waals surface area contributed by atoms with Crippen LogP contribution in [0.2, 0.25) is 0 Å². The van der Waals surface area contributed by atoms with E-state index in [0.717, 1.165) is 16.1 Å². The lowest BCUT2D eigenvalue weighted by atomic mass is 10.1. The van der Waals surface area contributed by atoms with E-state index in [1.165, 1.54) is 0 Å². The van der Waals surface area contributed by atoms with Crippen LogP contribution in [0.5, 0.6) is 0 Å². The number of rotatable bonds is 3. The highest BCUT2D eigenvalue weighted by molar-refractivity contribution is 7.98. The van der Waals surface area contributed by atoms with E-state index in [0.29, 0.717) is 11.3 Å². The Hall–Kier alpha value is -1.94. The Morgan fingerprint density at radius 1 is 1.16 bits per heavy atom. The molecule has 3 N–H and O–H groups in total. The second kappa shape index (κ2) is 5.80. The highest BCUT2D eigenvalue weighted by atomic mass is 32.2. The zero-order valence-corrected chi connectivity index (χ0v) is 11.8. The Bertz CT molecular complexity index is 594. The molecule has 0 spiro atoms. The lowest BCUT2D eigenvalue weighted by Gasteiger charge is -2.08. The fraction of sp³-hybridized carbons (Fsp3) is 0.133. The van der Waals surface area contributed by atoms with Crippen LogP contribution < -0.4 is 11.1 Å². The SMILES string of the molecule is CSc1ccc(NC(=O)c2ccc(C)cc2N)cc1. The molecule has 0 unspecified atom stereocenters. The average Bonchev–Trinajstić information content (AvgIpc) is 2.39. The summed E-state index contributed by atoms with van der Waals surface area (Å²) in [6, 6.07) is 13.1. The lowest BCUT2D eigenvalue weighted by molar-refractivity contribution is 0.102. The largest absolute Gasteiger partial charge is 0.398 e. The van der Waals surface area contributed by atoms with E-state index < -0.39 is 0 Å². The molecule has 98 valence electrons. The van der Waals surface area contributed by atoms with E-state index >= 15 is 0 Å². The van der Waals surface area contributed by atoms with Crippen molar-refractivity contribution in [2.75, 3.05) is 17.3 Å². The fourth-order valence-corrected chi connectivity index (χ4v) is 2.17. The van der Waals surface area contributed by atoms with E-state index in [1.54, 1.807) is 23.9 Å². The Labute approximate surface area is 117 Å². The van der Waals surface area contributed by atoms with Gasteiger partial charge in [-0.1, -0.05) is 6.07 Å². The topological polar surface area (TPSA) is 55.1 Å². The van der Waals surface area contributed by atoms with Crippen molar-refractivity contribution in [1.82, 2.24) is 0 Å². The van der Waals surface area contributed by atoms with Crippen molar-refractivity contribution in [3.8, 4) is 0 Å². The molecule has 0 bridgehead atoms. The van der Waals surface area contributed by atoms with Gasteiger partial charge in [-0.25, -0.2) is 0 Å². The van der Waals surface area contributed by atoms with Crippen molar-refractivity contribution in [3.05, 3.63) is 53.6 Å². The van der Waals surface area contributed by atoms with Gasteiger partial charge in [0, 0.05) is 16.3 Å². The first kappa shape index (κ1) is 13.5. The number of benzene rings is 2. The number of hydrogen-bond acceptors (Lipinski definition) is 3. The molecule has 0 aliphatic carbocycles. The summed E-state index contributed by atoms with van der Waals surface area (Å²) >= 11 is 1.66. The van der Waals surface area contributed by atoms with Gasteiger partial charge in [-0.05, 0) is 55.1 Å². The summed E-state index contributed by atoms with van der Waals surface area (Å²) in [7, 11) is 0. The molecule has 2 aromatic rings. The van der Waals surface area contributed by atoms with Gasteiger partial charge in [-0.15, -0.1) is 11.8 Å². The van der Waals surface area contributed by atoms with E-state index in [-0.39, 0.29) is 5.91 Å². The molecule has 3 nitrogen and oxygen atoms in total. The van der Waals surface area contributed by atoms with E-state index in [9.17, 15) is 4.79 Å². The lowest BCUT2D eigenvalue weighted by Crippen LogP contribution is -2.14. The number of nitrogens with two attached hydrogens (primary N) is 1. The minimum Gasteiger partial charge on any atom is -0.398 e. The van der Waals surface area contributed by atoms with E-state index in [1.807, 2.05) is 43.5 Å². The third kappa shape index (κ3) is 3.29. The maximum Gasteiger partial charge on any atom is 0.257 e. The van der Waals surface area contributed by atoms with Crippen LogP contribution in [0.1, 0.15) is 15.9 Å². The Morgan fingerprint density at radius 3 is 2.42 bits per heavy atom. The van der Waals surface area contributed by atoms with Crippen LogP contribution in [0.3, 0.4) is 0 Å². The molecule has 0 saturated heterocycles. The number of amides is 1. The second-order valence-electron chi connectivity index (χ2n) is 4.27. The minimum absolute atomic E-state index is 0.186. The maximum absolute atomic E-state index is 12.1. The predicted molar refractivity (Wildman–Crippen MR) is 81.8 cm³/mol. The molecular formula is C15H16N2OS. The summed E-state index contributed by atoms with van der Waals surface area (Å²) in [5, 5.41) is 2.84. The molecule has 0 aliphatic heterocycles. The first-order valence-corrected chi connectivity index (χ1v) is 7.14. The number of aryl methyl sites for hydroxylation is 1. The summed E-state index contributed by atoms with van der Waals surface area (Å²) < 4.78 is 0. The van der Waals surface area contributed by atoms with Gasteiger partial charge >= 0.3 is 0 Å². The molecule has 4 heteroatoms. The first-order valence-electron chi connectivity index (χ1n) is 5.91. The summed E-state index contributed by atoms with van der Waals surface area (Å²) in [6.45, 7) is 1.94. The second-order valence-corrected chi connectivity index (χ2v) is 5.15. The van der Waals surface area contributed by atoms with Gasteiger partial charge in [0.05, 0.1) is 5.56 Å². The number of carbonyl (C=O) groups is 1. The molecule has 0 heterocycles. The molecule has 1 amide bonds. The number of nitrogens with one attached hydrogen (secondary N) is 1. The Kier molecular flexibility index (Phi) is 4.12. The van der Waals surface area contributed by atoms with Gasteiger partial charge in [-0.3, -0.25) is 4.79 Å². The molecule has 19 heavy (non-hydrogen) atoms. The summed E-state index contributed by atoms with van der Waals surface area (Å²) in [4.78, 5) is 13.3. The van der Waals surface area contributed by atoms with E-state index in [4.69, 9.17) is 5.73 Å². The van der Waals surface area contributed by atoms with Crippen LogP contribution in [-0.4, -0.2) is 12.2 Å².